The maximum atomic E-state index is 8.68. The van der Waals surface area contributed by atoms with Gasteiger partial charge in [0.2, 0.25) is 0 Å². The average molecular weight is 253 g/mol. The molecule has 1 aromatic heterocycles. The summed E-state index contributed by atoms with van der Waals surface area (Å²) in [5, 5.41) is 11.9. The Bertz CT molecular complexity index is 546. The number of nitrogens with one attached hydrogen (secondary N) is 1. The Morgan fingerprint density at radius 2 is 2.05 bits per heavy atom. The zero-order valence-corrected chi connectivity index (χ0v) is 10.7. The monoisotopic (exact) mass is 253 g/mol. The lowest BCUT2D eigenvalue weighted by Gasteiger charge is -2.15. The SMILES string of the molecule is CC(CNc1ccc(C#N)cn1)Oc1ccccc1. The Labute approximate surface area is 112 Å². The maximum Gasteiger partial charge on any atom is 0.126 e. The molecule has 0 radical (unpaired) electrons. The standard InChI is InChI=1S/C15H15N3O/c1-12(19-14-5-3-2-4-6-14)10-17-15-8-7-13(9-16)11-18-15/h2-8,11-12H,10H2,1H3,(H,17,18). The number of nitrogens with zero attached hydrogens (tertiary/aromatic N) is 2. The first kappa shape index (κ1) is 12.9. The van der Waals surface area contributed by atoms with Crippen LogP contribution in [0, 0.1) is 11.3 Å². The zero-order valence-electron chi connectivity index (χ0n) is 10.7. The fraction of sp³-hybridized carbons (Fsp3) is 0.200. The van der Waals surface area contributed by atoms with E-state index >= 15 is 0 Å². The number of nitriles is 1. The summed E-state index contributed by atoms with van der Waals surface area (Å²) in [6, 6.07) is 15.2. The van der Waals surface area contributed by atoms with E-state index in [1.165, 1.54) is 0 Å². The molecule has 0 saturated carbocycles. The Balaban J connectivity index is 1.83. The van der Waals surface area contributed by atoms with E-state index in [0.29, 0.717) is 12.1 Å². The van der Waals surface area contributed by atoms with Crippen LogP contribution in [0.1, 0.15) is 12.5 Å². The third kappa shape index (κ3) is 4.00. The van der Waals surface area contributed by atoms with Crippen molar-refractivity contribution >= 4 is 5.82 Å². The smallest absolute Gasteiger partial charge is 0.126 e. The quantitative estimate of drug-likeness (QED) is 0.890. The summed E-state index contributed by atoms with van der Waals surface area (Å²) >= 11 is 0. The fourth-order valence-electron chi connectivity index (χ4n) is 1.59. The van der Waals surface area contributed by atoms with Gasteiger partial charge >= 0.3 is 0 Å². The highest BCUT2D eigenvalue weighted by atomic mass is 16.5. The molecule has 4 heteroatoms. The second-order valence-corrected chi connectivity index (χ2v) is 4.17. The van der Waals surface area contributed by atoms with Crippen LogP contribution < -0.4 is 10.1 Å². The Hall–Kier alpha value is -2.54. The Morgan fingerprint density at radius 1 is 1.26 bits per heavy atom. The minimum absolute atomic E-state index is 0.0276. The molecule has 0 bridgehead atoms. The van der Waals surface area contributed by atoms with E-state index in [9.17, 15) is 0 Å². The molecule has 1 unspecified atom stereocenters. The van der Waals surface area contributed by atoms with Gasteiger partial charge in [-0.1, -0.05) is 18.2 Å². The first-order chi connectivity index (χ1) is 9.28. The number of aromatic nitrogens is 1. The highest BCUT2D eigenvalue weighted by molar-refractivity contribution is 5.39. The van der Waals surface area contributed by atoms with Crippen molar-refractivity contribution in [3.8, 4) is 11.8 Å². The van der Waals surface area contributed by atoms with Crippen LogP contribution in [0.5, 0.6) is 5.75 Å². The van der Waals surface area contributed by atoms with Crippen LogP contribution >= 0.6 is 0 Å². The predicted molar refractivity (Wildman–Crippen MR) is 74.0 cm³/mol. The van der Waals surface area contributed by atoms with Gasteiger partial charge in [-0.3, -0.25) is 0 Å². The van der Waals surface area contributed by atoms with Gasteiger partial charge in [0.15, 0.2) is 0 Å². The normalized spacial score (nSPS) is 11.4. The highest BCUT2D eigenvalue weighted by Crippen LogP contribution is 2.11. The van der Waals surface area contributed by atoms with Gasteiger partial charge in [-0.05, 0) is 31.2 Å². The summed E-state index contributed by atoms with van der Waals surface area (Å²) in [5.74, 6) is 1.59. The van der Waals surface area contributed by atoms with Gasteiger partial charge in [-0.15, -0.1) is 0 Å². The van der Waals surface area contributed by atoms with Crippen molar-refractivity contribution in [3.63, 3.8) is 0 Å². The average Bonchev–Trinajstić information content (AvgIpc) is 2.47. The van der Waals surface area contributed by atoms with Crippen LogP contribution in [-0.4, -0.2) is 17.6 Å². The molecule has 0 spiro atoms. The fourth-order valence-corrected chi connectivity index (χ4v) is 1.59. The number of pyridine rings is 1. The van der Waals surface area contributed by atoms with E-state index in [-0.39, 0.29) is 6.10 Å². The van der Waals surface area contributed by atoms with Crippen molar-refractivity contribution in [1.82, 2.24) is 4.98 Å². The molecule has 0 aliphatic rings. The van der Waals surface area contributed by atoms with Gasteiger partial charge in [0.05, 0.1) is 12.1 Å². The van der Waals surface area contributed by atoms with E-state index in [1.54, 1.807) is 18.3 Å². The van der Waals surface area contributed by atoms with Gasteiger partial charge in [0.25, 0.3) is 0 Å². The van der Waals surface area contributed by atoms with E-state index in [4.69, 9.17) is 10.00 Å². The van der Waals surface area contributed by atoms with E-state index in [0.717, 1.165) is 11.6 Å². The molecule has 0 saturated heterocycles. The summed E-state index contributed by atoms with van der Waals surface area (Å²) in [6.07, 6.45) is 1.57. The van der Waals surface area contributed by atoms with Crippen LogP contribution in [0.15, 0.2) is 48.7 Å². The predicted octanol–water partition coefficient (Wildman–Crippen LogP) is 2.83. The second kappa shape index (κ2) is 6.41. The molecular formula is C15H15N3O. The first-order valence-corrected chi connectivity index (χ1v) is 6.09. The molecule has 1 N–H and O–H groups in total. The molecule has 2 aromatic rings. The molecular weight excluding hydrogens is 238 g/mol. The van der Waals surface area contributed by atoms with E-state index in [2.05, 4.69) is 10.3 Å². The van der Waals surface area contributed by atoms with Crippen molar-refractivity contribution in [3.05, 3.63) is 54.2 Å². The van der Waals surface area contributed by atoms with Crippen LogP contribution in [-0.2, 0) is 0 Å². The summed E-state index contributed by atoms with van der Waals surface area (Å²) in [7, 11) is 0. The van der Waals surface area contributed by atoms with Crippen LogP contribution in [0.4, 0.5) is 5.82 Å². The minimum atomic E-state index is 0.0276. The minimum Gasteiger partial charge on any atom is -0.489 e. The lowest BCUT2D eigenvalue weighted by atomic mass is 10.3. The number of hydrogen-bond acceptors (Lipinski definition) is 4. The summed E-state index contributed by atoms with van der Waals surface area (Å²) in [4.78, 5) is 4.14. The number of ether oxygens (including phenoxy) is 1. The molecule has 0 fully saturated rings. The van der Waals surface area contributed by atoms with Crippen molar-refractivity contribution < 1.29 is 4.74 Å². The molecule has 4 nitrogen and oxygen atoms in total. The van der Waals surface area contributed by atoms with Crippen molar-refractivity contribution in [2.75, 3.05) is 11.9 Å². The van der Waals surface area contributed by atoms with Gasteiger partial charge in [-0.25, -0.2) is 4.98 Å². The van der Waals surface area contributed by atoms with Crippen molar-refractivity contribution in [2.24, 2.45) is 0 Å². The van der Waals surface area contributed by atoms with Gasteiger partial charge < -0.3 is 10.1 Å². The Kier molecular flexibility index (Phi) is 4.35. The largest absolute Gasteiger partial charge is 0.489 e. The number of benzene rings is 1. The first-order valence-electron chi connectivity index (χ1n) is 6.09. The van der Waals surface area contributed by atoms with Crippen LogP contribution in [0.2, 0.25) is 0 Å². The summed E-state index contributed by atoms with van der Waals surface area (Å²) in [5.41, 5.74) is 0.555. The summed E-state index contributed by atoms with van der Waals surface area (Å²) < 4.78 is 5.74. The molecule has 0 aliphatic heterocycles. The van der Waals surface area contributed by atoms with Gasteiger partial charge in [0.1, 0.15) is 23.7 Å². The number of rotatable bonds is 5. The number of hydrogen-bond donors (Lipinski definition) is 1. The number of para-hydroxylation sites is 1. The zero-order chi connectivity index (χ0) is 13.5. The topological polar surface area (TPSA) is 57.9 Å². The maximum absolute atomic E-state index is 8.68. The van der Waals surface area contributed by atoms with E-state index in [1.807, 2.05) is 43.3 Å². The van der Waals surface area contributed by atoms with Crippen LogP contribution in [0.3, 0.4) is 0 Å². The molecule has 1 atom stereocenters. The lowest BCUT2D eigenvalue weighted by Crippen LogP contribution is -2.23. The molecule has 2 rings (SSSR count). The molecule has 96 valence electrons. The molecule has 1 aromatic carbocycles. The van der Waals surface area contributed by atoms with Gasteiger partial charge in [0, 0.05) is 6.20 Å². The molecule has 0 aliphatic carbocycles. The third-order valence-corrected chi connectivity index (χ3v) is 2.54. The summed E-state index contributed by atoms with van der Waals surface area (Å²) in [6.45, 7) is 2.64. The Morgan fingerprint density at radius 3 is 2.68 bits per heavy atom. The highest BCUT2D eigenvalue weighted by Gasteiger charge is 2.04. The number of anilines is 1. The second-order valence-electron chi connectivity index (χ2n) is 4.17. The van der Waals surface area contributed by atoms with Gasteiger partial charge in [-0.2, -0.15) is 5.26 Å². The molecule has 19 heavy (non-hydrogen) atoms. The third-order valence-electron chi connectivity index (χ3n) is 2.54. The molecule has 0 amide bonds. The van der Waals surface area contributed by atoms with Crippen molar-refractivity contribution in [1.29, 1.82) is 5.26 Å². The molecule has 1 heterocycles. The lowest BCUT2D eigenvalue weighted by molar-refractivity contribution is 0.234. The van der Waals surface area contributed by atoms with Crippen LogP contribution in [0.25, 0.3) is 0 Å². The van der Waals surface area contributed by atoms with Crippen molar-refractivity contribution in [2.45, 2.75) is 13.0 Å². The van der Waals surface area contributed by atoms with E-state index < -0.39 is 0 Å².